The van der Waals surface area contributed by atoms with Crippen LogP contribution in [0.15, 0.2) is 0 Å². The van der Waals surface area contributed by atoms with Gasteiger partial charge in [0.15, 0.2) is 0 Å². The summed E-state index contributed by atoms with van der Waals surface area (Å²) >= 11 is 0. The Labute approximate surface area is 143 Å². The van der Waals surface area contributed by atoms with Crippen molar-refractivity contribution >= 4 is 5.97 Å². The Morgan fingerprint density at radius 1 is 1.00 bits per heavy atom. The summed E-state index contributed by atoms with van der Waals surface area (Å²) < 4.78 is 5.90. The molecule has 0 aromatic heterocycles. The van der Waals surface area contributed by atoms with Crippen LogP contribution in [-0.4, -0.2) is 45.2 Å². The van der Waals surface area contributed by atoms with E-state index in [0.717, 1.165) is 12.8 Å². The SMILES string of the molecule is CC1(C)[C@H]2CC[C@@]34OC(=O)[C@@](C)(CC[C@H]3[C@]2(C)C[C@H](O)[C@@H]1O)[C@H]4O. The molecule has 1 heterocycles. The summed E-state index contributed by atoms with van der Waals surface area (Å²) in [7, 11) is 0. The van der Waals surface area contributed by atoms with Crippen LogP contribution in [0, 0.1) is 28.1 Å². The molecule has 0 aromatic carbocycles. The van der Waals surface area contributed by atoms with Crippen LogP contribution in [0.1, 0.15) is 59.8 Å². The molecule has 8 atom stereocenters. The Hall–Kier alpha value is -0.650. The van der Waals surface area contributed by atoms with Gasteiger partial charge in [0.05, 0.1) is 17.6 Å². The fourth-order valence-electron chi connectivity index (χ4n) is 7.15. The number of ether oxygens (including phenoxy) is 1. The normalized spacial score (nSPS) is 58.6. The molecule has 1 spiro atoms. The molecule has 2 bridgehead atoms. The summed E-state index contributed by atoms with van der Waals surface area (Å²) in [4.78, 5) is 12.5. The third-order valence-electron chi connectivity index (χ3n) is 8.45. The number of hydrogen-bond acceptors (Lipinski definition) is 5. The van der Waals surface area contributed by atoms with E-state index in [9.17, 15) is 20.1 Å². The summed E-state index contributed by atoms with van der Waals surface area (Å²) in [5, 5.41) is 32.1. The minimum atomic E-state index is -0.812. The second-order valence-electron chi connectivity index (χ2n) is 9.89. The molecule has 24 heavy (non-hydrogen) atoms. The van der Waals surface area contributed by atoms with E-state index < -0.39 is 34.7 Å². The van der Waals surface area contributed by atoms with Crippen molar-refractivity contribution < 1.29 is 24.9 Å². The Morgan fingerprint density at radius 2 is 1.62 bits per heavy atom. The van der Waals surface area contributed by atoms with Crippen LogP contribution in [0.4, 0.5) is 0 Å². The molecule has 0 radical (unpaired) electrons. The second-order valence-corrected chi connectivity index (χ2v) is 9.89. The van der Waals surface area contributed by atoms with Crippen molar-refractivity contribution in [1.82, 2.24) is 0 Å². The molecule has 4 aliphatic rings. The van der Waals surface area contributed by atoms with E-state index in [1.165, 1.54) is 0 Å². The highest BCUT2D eigenvalue weighted by atomic mass is 16.6. The predicted octanol–water partition coefficient (Wildman–Crippen LogP) is 1.63. The van der Waals surface area contributed by atoms with Gasteiger partial charge < -0.3 is 20.1 Å². The lowest BCUT2D eigenvalue weighted by molar-refractivity contribution is -0.252. The minimum absolute atomic E-state index is 0.0275. The van der Waals surface area contributed by atoms with Crippen LogP contribution in [-0.2, 0) is 9.53 Å². The molecule has 3 saturated carbocycles. The number of rotatable bonds is 0. The maximum absolute atomic E-state index is 12.5. The maximum atomic E-state index is 12.5. The van der Waals surface area contributed by atoms with Crippen LogP contribution in [0.5, 0.6) is 0 Å². The molecular weight excluding hydrogens is 308 g/mol. The third kappa shape index (κ3) is 1.64. The largest absolute Gasteiger partial charge is 0.455 e. The van der Waals surface area contributed by atoms with Crippen molar-refractivity contribution in [2.45, 2.75) is 83.7 Å². The highest BCUT2D eigenvalue weighted by Crippen LogP contribution is 2.69. The standard InChI is InChI=1S/C19H30O5/c1-16(2)11-6-8-19-12(18(11,4)9-10(20)13(16)21)5-7-17(3,14(19)22)15(23)24-19/h10-14,20-22H,5-9H2,1-4H3/t10-,11+,12-,13-,14+,17-,18+,19+/m0/s1. The summed E-state index contributed by atoms with van der Waals surface area (Å²) in [5.41, 5.74) is -2.26. The highest BCUT2D eigenvalue weighted by molar-refractivity contribution is 5.81. The Bertz CT molecular complexity index is 588. The smallest absolute Gasteiger partial charge is 0.315 e. The van der Waals surface area contributed by atoms with Gasteiger partial charge in [-0.1, -0.05) is 20.8 Å². The average molecular weight is 338 g/mol. The number of fused-ring (bicyclic) bond motifs is 3. The molecule has 0 amide bonds. The number of aliphatic hydroxyl groups is 3. The summed E-state index contributed by atoms with van der Waals surface area (Å²) in [6.45, 7) is 8.06. The van der Waals surface area contributed by atoms with Crippen LogP contribution < -0.4 is 0 Å². The molecule has 0 unspecified atom stereocenters. The van der Waals surface area contributed by atoms with Gasteiger partial charge in [-0.25, -0.2) is 0 Å². The molecule has 3 aliphatic carbocycles. The molecule has 136 valence electrons. The van der Waals surface area contributed by atoms with Gasteiger partial charge in [-0.05, 0) is 55.8 Å². The monoisotopic (exact) mass is 338 g/mol. The zero-order valence-corrected chi connectivity index (χ0v) is 15.1. The second kappa shape index (κ2) is 4.54. The number of hydrogen-bond donors (Lipinski definition) is 3. The fraction of sp³-hybridized carbons (Fsp3) is 0.947. The van der Waals surface area contributed by atoms with Crippen molar-refractivity contribution in [2.24, 2.45) is 28.1 Å². The van der Waals surface area contributed by atoms with Crippen LogP contribution in [0.25, 0.3) is 0 Å². The van der Waals surface area contributed by atoms with Crippen molar-refractivity contribution in [3.05, 3.63) is 0 Å². The van der Waals surface area contributed by atoms with Crippen LogP contribution in [0.2, 0.25) is 0 Å². The fourth-order valence-corrected chi connectivity index (χ4v) is 7.15. The maximum Gasteiger partial charge on any atom is 0.315 e. The first-order valence-electron chi connectivity index (χ1n) is 9.28. The zero-order chi connectivity index (χ0) is 17.7. The Balaban J connectivity index is 1.80. The molecule has 1 aliphatic heterocycles. The van der Waals surface area contributed by atoms with Gasteiger partial charge in [0.25, 0.3) is 0 Å². The van der Waals surface area contributed by atoms with Gasteiger partial charge in [0, 0.05) is 5.92 Å². The molecule has 5 nitrogen and oxygen atoms in total. The number of aliphatic hydroxyl groups excluding tert-OH is 3. The van der Waals surface area contributed by atoms with Gasteiger partial charge in [-0.2, -0.15) is 0 Å². The summed E-state index contributed by atoms with van der Waals surface area (Å²) in [6, 6.07) is 0. The molecule has 4 rings (SSSR count). The van der Waals surface area contributed by atoms with E-state index in [1.807, 2.05) is 20.8 Å². The lowest BCUT2D eigenvalue weighted by Gasteiger charge is -2.65. The van der Waals surface area contributed by atoms with Crippen molar-refractivity contribution in [3.63, 3.8) is 0 Å². The molecule has 5 heteroatoms. The van der Waals surface area contributed by atoms with Gasteiger partial charge in [0.1, 0.15) is 11.7 Å². The molecule has 4 fully saturated rings. The topological polar surface area (TPSA) is 87.0 Å². The molecular formula is C19H30O5. The van der Waals surface area contributed by atoms with Gasteiger partial charge in [-0.3, -0.25) is 4.79 Å². The molecule has 0 aromatic rings. The van der Waals surface area contributed by atoms with Crippen molar-refractivity contribution in [3.8, 4) is 0 Å². The van der Waals surface area contributed by atoms with Crippen LogP contribution >= 0.6 is 0 Å². The van der Waals surface area contributed by atoms with E-state index >= 15 is 0 Å². The summed E-state index contributed by atoms with van der Waals surface area (Å²) in [5.74, 6) is -0.00946. The number of esters is 1. The Kier molecular flexibility index (Phi) is 3.18. The molecule has 3 N–H and O–H groups in total. The van der Waals surface area contributed by atoms with Crippen molar-refractivity contribution in [2.75, 3.05) is 0 Å². The van der Waals surface area contributed by atoms with E-state index in [4.69, 9.17) is 4.74 Å². The van der Waals surface area contributed by atoms with E-state index in [0.29, 0.717) is 19.3 Å². The predicted molar refractivity (Wildman–Crippen MR) is 86.9 cm³/mol. The third-order valence-corrected chi connectivity index (χ3v) is 8.45. The zero-order valence-electron chi connectivity index (χ0n) is 15.1. The quantitative estimate of drug-likeness (QED) is 0.584. The van der Waals surface area contributed by atoms with Crippen LogP contribution in [0.3, 0.4) is 0 Å². The van der Waals surface area contributed by atoms with Gasteiger partial charge in [0.2, 0.25) is 0 Å². The molecule has 1 saturated heterocycles. The average Bonchev–Trinajstić information content (AvgIpc) is 2.60. The first kappa shape index (κ1) is 16.8. The minimum Gasteiger partial charge on any atom is -0.455 e. The number of carbonyl (C=O) groups is 1. The first-order valence-corrected chi connectivity index (χ1v) is 9.28. The highest BCUT2D eigenvalue weighted by Gasteiger charge is 2.74. The van der Waals surface area contributed by atoms with E-state index in [-0.39, 0.29) is 23.2 Å². The van der Waals surface area contributed by atoms with Gasteiger partial charge >= 0.3 is 5.97 Å². The number of carbonyl (C=O) groups excluding carboxylic acids is 1. The van der Waals surface area contributed by atoms with E-state index in [1.54, 1.807) is 0 Å². The van der Waals surface area contributed by atoms with Gasteiger partial charge in [-0.15, -0.1) is 0 Å². The van der Waals surface area contributed by atoms with Crippen molar-refractivity contribution in [1.29, 1.82) is 0 Å². The lowest BCUT2D eigenvalue weighted by Crippen LogP contribution is -2.68. The first-order chi connectivity index (χ1) is 11.0. The summed E-state index contributed by atoms with van der Waals surface area (Å²) in [6.07, 6.45) is 1.09. The van der Waals surface area contributed by atoms with E-state index in [2.05, 4.69) is 6.92 Å². The Morgan fingerprint density at radius 3 is 2.29 bits per heavy atom. The lowest BCUT2D eigenvalue weighted by atomic mass is 9.41.